The molecule has 194 valence electrons. The maximum absolute atomic E-state index is 13.8. The molecule has 7 heteroatoms. The van der Waals surface area contributed by atoms with Gasteiger partial charge in [-0.3, -0.25) is 9.69 Å². The summed E-state index contributed by atoms with van der Waals surface area (Å²) in [5.74, 6) is 1.57. The molecular formula is C30H35N3O4. The number of likely N-dealkylation sites (tertiary alicyclic amines) is 1. The van der Waals surface area contributed by atoms with Gasteiger partial charge in [0.1, 0.15) is 11.5 Å². The number of methoxy groups -OCH3 is 2. The average Bonchev–Trinajstić information content (AvgIpc) is 3.03. The summed E-state index contributed by atoms with van der Waals surface area (Å²) in [7, 11) is 3.31. The van der Waals surface area contributed by atoms with Crippen LogP contribution in [0, 0.1) is 0 Å². The highest BCUT2D eigenvalue weighted by molar-refractivity contribution is 5.92. The van der Waals surface area contributed by atoms with Gasteiger partial charge in [-0.05, 0) is 43.0 Å². The Kier molecular flexibility index (Phi) is 6.71. The topological polar surface area (TPSA) is 62.3 Å². The quantitative estimate of drug-likeness (QED) is 0.539. The fraction of sp³-hybridized carbons (Fsp3) is 0.400. The van der Waals surface area contributed by atoms with E-state index in [9.17, 15) is 9.59 Å². The van der Waals surface area contributed by atoms with Gasteiger partial charge < -0.3 is 19.3 Å². The number of fused-ring (bicyclic) bond motifs is 3. The number of benzene rings is 2. The number of nitrogens with zero attached hydrogens (tertiary/aromatic N) is 3. The highest BCUT2D eigenvalue weighted by atomic mass is 16.5. The van der Waals surface area contributed by atoms with Crippen LogP contribution in [-0.4, -0.2) is 66.0 Å². The molecule has 0 N–H and O–H groups in total. The highest BCUT2D eigenvalue weighted by Gasteiger charge is 2.55. The number of carbonyl (C=O) groups is 2. The summed E-state index contributed by atoms with van der Waals surface area (Å²) in [6, 6.07) is 13.8. The van der Waals surface area contributed by atoms with Crippen molar-refractivity contribution in [3.8, 4) is 11.5 Å². The molecule has 37 heavy (non-hydrogen) atoms. The molecule has 3 aliphatic rings. The lowest BCUT2D eigenvalue weighted by molar-refractivity contribution is -0.127. The fourth-order valence-electron chi connectivity index (χ4n) is 6.20. The average molecular weight is 502 g/mol. The Balaban J connectivity index is 1.43. The summed E-state index contributed by atoms with van der Waals surface area (Å²) < 4.78 is 11.2. The molecule has 1 spiro atoms. The zero-order valence-electron chi connectivity index (χ0n) is 22.1. The van der Waals surface area contributed by atoms with Crippen LogP contribution < -0.4 is 9.47 Å². The van der Waals surface area contributed by atoms with Crippen LogP contribution in [0.3, 0.4) is 0 Å². The molecule has 3 heterocycles. The Morgan fingerprint density at radius 1 is 1.11 bits per heavy atom. The van der Waals surface area contributed by atoms with Crippen LogP contribution in [0.4, 0.5) is 4.79 Å². The number of hydrogen-bond donors (Lipinski definition) is 0. The molecule has 7 nitrogen and oxygen atoms in total. The largest absolute Gasteiger partial charge is 0.497 e. The van der Waals surface area contributed by atoms with Gasteiger partial charge in [0.2, 0.25) is 5.91 Å². The number of amides is 3. The van der Waals surface area contributed by atoms with Gasteiger partial charge in [-0.1, -0.05) is 43.3 Å². The van der Waals surface area contributed by atoms with Gasteiger partial charge in [0, 0.05) is 49.0 Å². The zero-order chi connectivity index (χ0) is 26.2. The van der Waals surface area contributed by atoms with E-state index in [4.69, 9.17) is 9.47 Å². The van der Waals surface area contributed by atoms with Gasteiger partial charge in [0.15, 0.2) is 0 Å². The first kappa shape index (κ1) is 24.9. The lowest BCUT2D eigenvalue weighted by Crippen LogP contribution is -2.54. The number of carbonyl (C=O) groups excluding carboxylic acids is 2. The zero-order valence-corrected chi connectivity index (χ0v) is 22.1. The number of piperidine rings is 1. The van der Waals surface area contributed by atoms with Crippen LogP contribution in [0.15, 0.2) is 60.3 Å². The molecule has 3 aliphatic heterocycles. The number of hydrogen-bond acceptors (Lipinski definition) is 4. The van der Waals surface area contributed by atoms with Crippen LogP contribution in [-0.2, 0) is 11.3 Å². The predicted molar refractivity (Wildman–Crippen MR) is 143 cm³/mol. The van der Waals surface area contributed by atoms with Crippen LogP contribution >= 0.6 is 0 Å². The molecule has 0 aromatic heterocycles. The number of urea groups is 1. The van der Waals surface area contributed by atoms with Crippen molar-refractivity contribution < 1.29 is 19.1 Å². The lowest BCUT2D eigenvalue weighted by Gasteiger charge is -2.44. The molecule has 2 aromatic rings. The summed E-state index contributed by atoms with van der Waals surface area (Å²) in [4.78, 5) is 32.6. The monoisotopic (exact) mass is 501 g/mol. The van der Waals surface area contributed by atoms with Crippen LogP contribution in [0.2, 0.25) is 0 Å². The molecule has 0 aliphatic carbocycles. The first-order chi connectivity index (χ1) is 17.9. The minimum absolute atomic E-state index is 0.00961. The van der Waals surface area contributed by atoms with E-state index in [1.165, 1.54) is 0 Å². The van der Waals surface area contributed by atoms with Crippen LogP contribution in [0.25, 0.3) is 6.08 Å². The maximum atomic E-state index is 13.8. The van der Waals surface area contributed by atoms with Crippen molar-refractivity contribution >= 4 is 18.0 Å². The van der Waals surface area contributed by atoms with E-state index in [0.29, 0.717) is 39.0 Å². The number of allylic oxidation sites excluding steroid dienone is 1. The normalized spacial score (nSPS) is 20.5. The molecular weight excluding hydrogens is 466 g/mol. The van der Waals surface area contributed by atoms with Gasteiger partial charge in [0.05, 0.1) is 26.3 Å². The van der Waals surface area contributed by atoms with Crippen molar-refractivity contribution in [2.45, 2.75) is 44.7 Å². The fourth-order valence-corrected chi connectivity index (χ4v) is 6.20. The second-order valence-electron chi connectivity index (χ2n) is 9.96. The van der Waals surface area contributed by atoms with Gasteiger partial charge in [-0.15, -0.1) is 0 Å². The van der Waals surface area contributed by atoms with Gasteiger partial charge >= 0.3 is 6.03 Å². The van der Waals surface area contributed by atoms with E-state index in [-0.39, 0.29) is 17.9 Å². The molecule has 5 rings (SSSR count). The van der Waals surface area contributed by atoms with Crippen LogP contribution in [0.5, 0.6) is 11.5 Å². The Bertz CT molecular complexity index is 1240. The Hall–Kier alpha value is -3.74. The van der Waals surface area contributed by atoms with Crippen molar-refractivity contribution in [1.29, 1.82) is 0 Å². The molecule has 0 radical (unpaired) electrons. The highest BCUT2D eigenvalue weighted by Crippen LogP contribution is 2.49. The number of rotatable bonds is 5. The smallest absolute Gasteiger partial charge is 0.325 e. The Morgan fingerprint density at radius 2 is 1.84 bits per heavy atom. The molecule has 3 amide bonds. The molecule has 1 atom stereocenters. The third kappa shape index (κ3) is 4.26. The van der Waals surface area contributed by atoms with E-state index >= 15 is 0 Å². The van der Waals surface area contributed by atoms with Crippen molar-refractivity contribution in [2.24, 2.45) is 0 Å². The van der Waals surface area contributed by atoms with E-state index < -0.39 is 5.54 Å². The van der Waals surface area contributed by atoms with Crippen molar-refractivity contribution in [3.05, 3.63) is 77.0 Å². The minimum atomic E-state index is -0.417. The SMILES string of the molecule is CCN1C(=O)N2Cc3cc(OC)cc(OC)c3[C@@H](C)C=C2C12CCN(C(=O)/C=C/c1ccccc1)CC2. The van der Waals surface area contributed by atoms with E-state index in [2.05, 4.69) is 13.0 Å². The van der Waals surface area contributed by atoms with Crippen LogP contribution in [0.1, 0.15) is 49.3 Å². The van der Waals surface area contributed by atoms with Gasteiger partial charge in [-0.2, -0.15) is 0 Å². The number of likely N-dealkylation sites (N-methyl/N-ethyl adjacent to an activating group) is 1. The lowest BCUT2D eigenvalue weighted by atomic mass is 9.82. The summed E-state index contributed by atoms with van der Waals surface area (Å²) in [6.45, 7) is 6.49. The van der Waals surface area contributed by atoms with E-state index in [1.54, 1.807) is 20.3 Å². The molecule has 2 aromatic carbocycles. The van der Waals surface area contributed by atoms with E-state index in [1.807, 2.05) is 70.2 Å². The Labute approximate surface area is 218 Å². The molecule has 0 bridgehead atoms. The predicted octanol–water partition coefficient (Wildman–Crippen LogP) is 5.04. The van der Waals surface area contributed by atoms with Crippen molar-refractivity contribution in [2.75, 3.05) is 33.9 Å². The summed E-state index contributed by atoms with van der Waals surface area (Å²) in [5, 5.41) is 0. The maximum Gasteiger partial charge on any atom is 0.325 e. The molecule has 2 fully saturated rings. The molecule has 0 unspecified atom stereocenters. The standard InChI is InChI=1S/C30H35N3O4/c1-5-33-29(35)32-20-23-18-24(36-3)19-25(37-4)28(23)21(2)17-26(32)30(33)13-15-31(16-14-30)27(34)12-11-22-9-7-6-8-10-22/h6-12,17-19,21H,5,13-16,20H2,1-4H3/b12-11+/t21-/m0/s1. The van der Waals surface area contributed by atoms with Crippen molar-refractivity contribution in [3.63, 3.8) is 0 Å². The number of ether oxygens (including phenoxy) is 2. The Morgan fingerprint density at radius 3 is 2.49 bits per heavy atom. The minimum Gasteiger partial charge on any atom is -0.497 e. The summed E-state index contributed by atoms with van der Waals surface area (Å²) in [6.07, 6.45) is 7.18. The summed E-state index contributed by atoms with van der Waals surface area (Å²) >= 11 is 0. The molecule has 0 saturated carbocycles. The first-order valence-corrected chi connectivity index (χ1v) is 13.0. The summed E-state index contributed by atoms with van der Waals surface area (Å²) in [5.41, 5.74) is 3.77. The molecule has 2 saturated heterocycles. The third-order valence-corrected chi connectivity index (χ3v) is 8.03. The second-order valence-corrected chi connectivity index (χ2v) is 9.96. The van der Waals surface area contributed by atoms with Crippen molar-refractivity contribution in [1.82, 2.24) is 14.7 Å². The van der Waals surface area contributed by atoms with E-state index in [0.717, 1.165) is 33.9 Å². The van der Waals surface area contributed by atoms with Gasteiger partial charge in [-0.25, -0.2) is 4.79 Å². The first-order valence-electron chi connectivity index (χ1n) is 13.0. The van der Waals surface area contributed by atoms with Gasteiger partial charge in [0.25, 0.3) is 0 Å². The third-order valence-electron chi connectivity index (χ3n) is 8.03. The second kappa shape index (κ2) is 9.96.